The van der Waals surface area contributed by atoms with Gasteiger partial charge < -0.3 is 9.88 Å². The maximum absolute atomic E-state index is 12.6. The molecule has 1 fully saturated rings. The molecule has 1 aromatic heterocycles. The normalized spacial score (nSPS) is 15.2. The van der Waals surface area contributed by atoms with Crippen molar-refractivity contribution in [2.24, 2.45) is 5.92 Å². The molecule has 0 spiro atoms. The molecule has 4 nitrogen and oxygen atoms in total. The van der Waals surface area contributed by atoms with Crippen LogP contribution in [-0.4, -0.2) is 16.5 Å². The Balaban J connectivity index is 1.80. The third-order valence-electron chi connectivity index (χ3n) is 4.39. The molecule has 0 saturated heterocycles. The molecular formula is C19H22N2O2. The molecule has 3 rings (SSSR count). The lowest BCUT2D eigenvalue weighted by Crippen LogP contribution is -2.38. The Labute approximate surface area is 136 Å². The van der Waals surface area contributed by atoms with Gasteiger partial charge in [-0.05, 0) is 50.3 Å². The number of rotatable bonds is 5. The Kier molecular flexibility index (Phi) is 4.33. The minimum atomic E-state index is -0.270. The first-order valence-electron chi connectivity index (χ1n) is 8.10. The second-order valence-electron chi connectivity index (χ2n) is 6.44. The van der Waals surface area contributed by atoms with Crippen LogP contribution in [0.4, 0.5) is 0 Å². The van der Waals surface area contributed by atoms with Crippen molar-refractivity contribution in [1.82, 2.24) is 9.88 Å². The largest absolute Gasteiger partial charge is 0.349 e. The van der Waals surface area contributed by atoms with Crippen molar-refractivity contribution in [2.75, 3.05) is 0 Å². The predicted octanol–water partition coefficient (Wildman–Crippen LogP) is 2.73. The van der Waals surface area contributed by atoms with Crippen molar-refractivity contribution in [1.29, 1.82) is 0 Å². The lowest BCUT2D eigenvalue weighted by Gasteiger charge is -2.13. The summed E-state index contributed by atoms with van der Waals surface area (Å²) >= 11 is 0. The van der Waals surface area contributed by atoms with E-state index in [1.807, 2.05) is 38.1 Å². The van der Waals surface area contributed by atoms with E-state index in [0.29, 0.717) is 12.5 Å². The van der Waals surface area contributed by atoms with Gasteiger partial charge in [-0.2, -0.15) is 0 Å². The number of aryl methyl sites for hydroxylation is 1. The summed E-state index contributed by atoms with van der Waals surface area (Å²) in [6.07, 6.45) is 4.05. The van der Waals surface area contributed by atoms with Crippen molar-refractivity contribution in [3.63, 3.8) is 0 Å². The van der Waals surface area contributed by atoms with Crippen LogP contribution < -0.4 is 10.9 Å². The van der Waals surface area contributed by atoms with E-state index in [1.165, 1.54) is 0 Å². The van der Waals surface area contributed by atoms with Gasteiger partial charge >= 0.3 is 0 Å². The fraction of sp³-hybridized carbons (Fsp3) is 0.368. The van der Waals surface area contributed by atoms with Gasteiger partial charge in [-0.3, -0.25) is 9.59 Å². The molecule has 0 bridgehead atoms. The lowest BCUT2D eigenvalue weighted by molar-refractivity contribution is 0.0933. The van der Waals surface area contributed by atoms with E-state index in [4.69, 9.17) is 0 Å². The van der Waals surface area contributed by atoms with Gasteiger partial charge in [0, 0.05) is 12.2 Å². The minimum absolute atomic E-state index is 0.132. The maximum Gasteiger partial charge on any atom is 0.263 e. The van der Waals surface area contributed by atoms with Gasteiger partial charge in [0.05, 0.1) is 6.54 Å². The summed E-state index contributed by atoms with van der Waals surface area (Å²) < 4.78 is 1.59. The Hall–Kier alpha value is -2.36. The predicted molar refractivity (Wildman–Crippen MR) is 90.6 cm³/mol. The fourth-order valence-electron chi connectivity index (χ4n) is 2.84. The summed E-state index contributed by atoms with van der Waals surface area (Å²) in [5.74, 6) is 0.296. The zero-order chi connectivity index (χ0) is 16.4. The average Bonchev–Trinajstić information content (AvgIpc) is 3.34. The van der Waals surface area contributed by atoms with E-state index < -0.39 is 0 Å². The lowest BCUT2D eigenvalue weighted by atomic mass is 10.1. The number of carbonyl (C=O) groups is 1. The number of aromatic nitrogens is 1. The van der Waals surface area contributed by atoms with E-state index >= 15 is 0 Å². The SMILES string of the molecule is Cc1cccc(Cn2cccc(C(=O)NC(C)C3CC3)c2=O)c1. The van der Waals surface area contributed by atoms with Crippen molar-refractivity contribution >= 4 is 5.91 Å². The van der Waals surface area contributed by atoms with Crippen LogP contribution in [0.3, 0.4) is 0 Å². The molecule has 0 aliphatic heterocycles. The zero-order valence-corrected chi connectivity index (χ0v) is 13.6. The first-order valence-corrected chi connectivity index (χ1v) is 8.10. The van der Waals surface area contributed by atoms with Gasteiger partial charge in [0.1, 0.15) is 5.56 Å². The fourth-order valence-corrected chi connectivity index (χ4v) is 2.84. The van der Waals surface area contributed by atoms with Crippen LogP contribution in [0.1, 0.15) is 41.3 Å². The van der Waals surface area contributed by atoms with Crippen LogP contribution >= 0.6 is 0 Å². The summed E-state index contributed by atoms with van der Waals surface area (Å²) in [4.78, 5) is 24.9. The van der Waals surface area contributed by atoms with E-state index in [-0.39, 0.29) is 23.1 Å². The number of pyridine rings is 1. The molecule has 1 unspecified atom stereocenters. The van der Waals surface area contributed by atoms with E-state index in [2.05, 4.69) is 5.32 Å². The minimum Gasteiger partial charge on any atom is -0.349 e. The van der Waals surface area contributed by atoms with Gasteiger partial charge in [-0.25, -0.2) is 0 Å². The smallest absolute Gasteiger partial charge is 0.263 e. The number of carbonyl (C=O) groups excluding carboxylic acids is 1. The molecule has 120 valence electrons. The quantitative estimate of drug-likeness (QED) is 0.923. The zero-order valence-electron chi connectivity index (χ0n) is 13.6. The summed E-state index contributed by atoms with van der Waals surface area (Å²) in [5, 5.41) is 2.95. The molecule has 1 aliphatic rings. The van der Waals surface area contributed by atoms with Crippen molar-refractivity contribution in [2.45, 2.75) is 39.3 Å². The Morgan fingerprint density at radius 3 is 2.78 bits per heavy atom. The average molecular weight is 310 g/mol. The molecule has 2 aromatic rings. The third kappa shape index (κ3) is 3.70. The maximum atomic E-state index is 12.6. The molecule has 4 heteroatoms. The van der Waals surface area contributed by atoms with Crippen LogP contribution in [-0.2, 0) is 6.54 Å². The second kappa shape index (κ2) is 6.41. The standard InChI is InChI=1S/C19H22N2O2/c1-13-5-3-6-15(11-13)12-21-10-4-7-17(19(21)23)18(22)20-14(2)16-8-9-16/h3-7,10-11,14,16H,8-9,12H2,1-2H3,(H,20,22). The number of hydrogen-bond donors (Lipinski definition) is 1. The van der Waals surface area contributed by atoms with Crippen LogP contribution in [0.2, 0.25) is 0 Å². The van der Waals surface area contributed by atoms with Crippen LogP contribution in [0, 0.1) is 12.8 Å². The molecule has 1 aliphatic carbocycles. The number of nitrogens with one attached hydrogen (secondary N) is 1. The number of hydrogen-bond acceptors (Lipinski definition) is 2. The van der Waals surface area contributed by atoms with E-state index in [1.54, 1.807) is 22.9 Å². The summed E-state index contributed by atoms with van der Waals surface area (Å²) in [6.45, 7) is 4.50. The highest BCUT2D eigenvalue weighted by Gasteiger charge is 2.29. The van der Waals surface area contributed by atoms with E-state index in [9.17, 15) is 9.59 Å². The van der Waals surface area contributed by atoms with Gasteiger partial charge in [-0.15, -0.1) is 0 Å². The van der Waals surface area contributed by atoms with Gasteiger partial charge in [-0.1, -0.05) is 29.8 Å². The monoisotopic (exact) mass is 310 g/mol. The number of nitrogens with zero attached hydrogens (tertiary/aromatic N) is 1. The number of amides is 1. The number of benzene rings is 1. The van der Waals surface area contributed by atoms with Crippen LogP contribution in [0.15, 0.2) is 47.4 Å². The van der Waals surface area contributed by atoms with Crippen molar-refractivity contribution < 1.29 is 4.79 Å². The molecule has 1 amide bonds. The van der Waals surface area contributed by atoms with Gasteiger partial charge in [0.25, 0.3) is 11.5 Å². The molecule has 1 N–H and O–H groups in total. The Morgan fingerprint density at radius 1 is 1.30 bits per heavy atom. The molecule has 1 aromatic carbocycles. The highest BCUT2D eigenvalue weighted by atomic mass is 16.2. The van der Waals surface area contributed by atoms with Gasteiger partial charge in [0.15, 0.2) is 0 Å². The molecule has 1 atom stereocenters. The first-order chi connectivity index (χ1) is 11.0. The van der Waals surface area contributed by atoms with Gasteiger partial charge in [0.2, 0.25) is 0 Å². The third-order valence-corrected chi connectivity index (χ3v) is 4.39. The van der Waals surface area contributed by atoms with E-state index in [0.717, 1.165) is 24.0 Å². The van der Waals surface area contributed by atoms with Crippen LogP contribution in [0.25, 0.3) is 0 Å². The highest BCUT2D eigenvalue weighted by Crippen LogP contribution is 2.32. The molecule has 1 heterocycles. The molecular weight excluding hydrogens is 288 g/mol. The van der Waals surface area contributed by atoms with Crippen molar-refractivity contribution in [3.05, 3.63) is 69.6 Å². The first kappa shape index (κ1) is 15.5. The van der Waals surface area contributed by atoms with Crippen LogP contribution in [0.5, 0.6) is 0 Å². The van der Waals surface area contributed by atoms with Crippen molar-refractivity contribution in [3.8, 4) is 0 Å². The summed E-state index contributed by atoms with van der Waals surface area (Å²) in [5.41, 5.74) is 2.18. The summed E-state index contributed by atoms with van der Waals surface area (Å²) in [7, 11) is 0. The highest BCUT2D eigenvalue weighted by molar-refractivity contribution is 5.94. The summed E-state index contributed by atoms with van der Waals surface area (Å²) in [6, 6.07) is 11.5. The topological polar surface area (TPSA) is 51.1 Å². The second-order valence-corrected chi connectivity index (χ2v) is 6.44. The Bertz CT molecular complexity index is 775. The molecule has 1 saturated carbocycles. The molecule has 0 radical (unpaired) electrons. The Morgan fingerprint density at radius 2 is 2.09 bits per heavy atom. The molecule has 23 heavy (non-hydrogen) atoms.